The van der Waals surface area contributed by atoms with Crippen molar-refractivity contribution in [1.82, 2.24) is 4.98 Å². The van der Waals surface area contributed by atoms with Crippen molar-refractivity contribution >= 4 is 12.3 Å². The Morgan fingerprint density at radius 2 is 1.95 bits per heavy atom. The molecule has 0 bridgehead atoms. The van der Waals surface area contributed by atoms with Gasteiger partial charge in [-0.2, -0.15) is 0 Å². The van der Waals surface area contributed by atoms with Crippen molar-refractivity contribution in [1.29, 1.82) is 0 Å². The summed E-state index contributed by atoms with van der Waals surface area (Å²) in [6.45, 7) is 7.93. The second-order valence-electron chi connectivity index (χ2n) is 4.48. The monoisotopic (exact) mass is 297 g/mol. The van der Waals surface area contributed by atoms with E-state index in [0.29, 0.717) is 5.56 Å². The maximum atomic E-state index is 11.0. The highest BCUT2D eigenvalue weighted by Crippen LogP contribution is 1.97. The minimum atomic E-state index is -0.461. The molecule has 21 heavy (non-hydrogen) atoms. The molecule has 5 nitrogen and oxygen atoms in total. The van der Waals surface area contributed by atoms with Crippen LogP contribution in [0, 0.1) is 5.92 Å². The van der Waals surface area contributed by atoms with Crippen LogP contribution in [0.25, 0.3) is 0 Å². The molecule has 120 valence electrons. The highest BCUT2D eigenvalue weighted by atomic mass is 16.5. The molecule has 0 saturated heterocycles. The maximum Gasteiger partial charge on any atom is 0.339 e. The molecular formula is C16H27NO4. The number of hydrogen-bond acceptors (Lipinski definition) is 5. The SMILES string of the molecule is CC(C)C=O.CCCC.O=C(OCCO)c1cccnc1. The zero-order valence-electron chi connectivity index (χ0n) is 13.4. The largest absolute Gasteiger partial charge is 0.460 e. The zero-order chi connectivity index (χ0) is 16.5. The molecule has 0 radical (unpaired) electrons. The van der Waals surface area contributed by atoms with Gasteiger partial charge in [0.25, 0.3) is 0 Å². The van der Waals surface area contributed by atoms with E-state index in [4.69, 9.17) is 5.11 Å². The highest BCUT2D eigenvalue weighted by Gasteiger charge is 2.04. The minimum Gasteiger partial charge on any atom is -0.460 e. The van der Waals surface area contributed by atoms with Gasteiger partial charge in [0.2, 0.25) is 0 Å². The van der Waals surface area contributed by atoms with Crippen LogP contribution in [0.2, 0.25) is 0 Å². The molecule has 1 aromatic heterocycles. The molecule has 0 unspecified atom stereocenters. The van der Waals surface area contributed by atoms with Gasteiger partial charge in [-0.05, 0) is 12.1 Å². The molecule has 1 aromatic rings. The molecule has 0 aliphatic heterocycles. The minimum absolute atomic E-state index is 0.0216. The van der Waals surface area contributed by atoms with Crippen molar-refractivity contribution < 1.29 is 19.4 Å². The van der Waals surface area contributed by atoms with Gasteiger partial charge in [0.15, 0.2) is 0 Å². The number of esters is 1. The predicted octanol–water partition coefficient (Wildman–Crippen LogP) is 2.88. The molecule has 0 spiro atoms. The second kappa shape index (κ2) is 16.3. The van der Waals surface area contributed by atoms with Crippen molar-refractivity contribution in [2.75, 3.05) is 13.2 Å². The number of aldehydes is 1. The Morgan fingerprint density at radius 1 is 1.38 bits per heavy atom. The van der Waals surface area contributed by atoms with E-state index >= 15 is 0 Å². The fourth-order valence-corrected chi connectivity index (χ4v) is 0.705. The van der Waals surface area contributed by atoms with Crippen LogP contribution in [0.3, 0.4) is 0 Å². The zero-order valence-corrected chi connectivity index (χ0v) is 13.4. The van der Waals surface area contributed by atoms with Gasteiger partial charge in [-0.1, -0.05) is 40.5 Å². The molecule has 0 aliphatic rings. The van der Waals surface area contributed by atoms with Gasteiger partial charge < -0.3 is 14.6 Å². The number of carbonyl (C=O) groups is 2. The molecule has 0 amide bonds. The van der Waals surface area contributed by atoms with Crippen LogP contribution in [-0.4, -0.2) is 35.6 Å². The van der Waals surface area contributed by atoms with Crippen LogP contribution >= 0.6 is 0 Å². The number of ether oxygens (including phenoxy) is 1. The third kappa shape index (κ3) is 16.2. The third-order valence-corrected chi connectivity index (χ3v) is 1.99. The van der Waals surface area contributed by atoms with E-state index < -0.39 is 5.97 Å². The Bertz CT molecular complexity index is 351. The van der Waals surface area contributed by atoms with Crippen molar-refractivity contribution in [3.05, 3.63) is 30.1 Å². The number of unbranched alkanes of at least 4 members (excludes halogenated alkanes) is 1. The fourth-order valence-electron chi connectivity index (χ4n) is 0.705. The van der Waals surface area contributed by atoms with Crippen LogP contribution in [0.15, 0.2) is 24.5 Å². The maximum absolute atomic E-state index is 11.0. The Balaban J connectivity index is 0. The van der Waals surface area contributed by atoms with Gasteiger partial charge in [0.05, 0.1) is 12.2 Å². The number of aromatic nitrogens is 1. The van der Waals surface area contributed by atoms with Gasteiger partial charge in [-0.25, -0.2) is 4.79 Å². The second-order valence-corrected chi connectivity index (χ2v) is 4.48. The first-order valence-electron chi connectivity index (χ1n) is 7.16. The first kappa shape index (κ1) is 21.5. The van der Waals surface area contributed by atoms with E-state index in [-0.39, 0.29) is 19.1 Å². The molecule has 1 N–H and O–H groups in total. The summed E-state index contributed by atoms with van der Waals surface area (Å²) >= 11 is 0. The summed E-state index contributed by atoms with van der Waals surface area (Å²) in [5.74, 6) is -0.257. The summed E-state index contributed by atoms with van der Waals surface area (Å²) in [6, 6.07) is 3.25. The normalized spacial score (nSPS) is 8.86. The third-order valence-electron chi connectivity index (χ3n) is 1.99. The van der Waals surface area contributed by atoms with Gasteiger partial charge in [-0.3, -0.25) is 4.98 Å². The van der Waals surface area contributed by atoms with Crippen LogP contribution in [0.1, 0.15) is 50.9 Å². The average molecular weight is 297 g/mol. The summed E-state index contributed by atoms with van der Waals surface area (Å²) in [6.07, 6.45) is 6.54. The van der Waals surface area contributed by atoms with Crippen molar-refractivity contribution in [3.63, 3.8) is 0 Å². The summed E-state index contributed by atoms with van der Waals surface area (Å²) in [7, 11) is 0. The molecule has 0 aromatic carbocycles. The molecule has 0 aliphatic carbocycles. The van der Waals surface area contributed by atoms with Crippen molar-refractivity contribution in [2.24, 2.45) is 5.92 Å². The number of aliphatic hydroxyl groups excluding tert-OH is 1. The van der Waals surface area contributed by atoms with Crippen molar-refractivity contribution in [2.45, 2.75) is 40.5 Å². The van der Waals surface area contributed by atoms with Crippen LogP contribution in [0.5, 0.6) is 0 Å². The van der Waals surface area contributed by atoms with E-state index in [2.05, 4.69) is 23.6 Å². The Labute approximate surface area is 127 Å². The topological polar surface area (TPSA) is 76.5 Å². The summed E-state index contributed by atoms with van der Waals surface area (Å²) in [4.78, 5) is 24.3. The molecule has 0 atom stereocenters. The molecule has 1 heterocycles. The van der Waals surface area contributed by atoms with Gasteiger partial charge in [0, 0.05) is 18.3 Å². The quantitative estimate of drug-likeness (QED) is 0.668. The van der Waals surface area contributed by atoms with Crippen LogP contribution < -0.4 is 0 Å². The van der Waals surface area contributed by atoms with Crippen LogP contribution in [0.4, 0.5) is 0 Å². The Hall–Kier alpha value is -1.75. The summed E-state index contributed by atoms with van der Waals surface area (Å²) in [5, 5.41) is 8.37. The lowest BCUT2D eigenvalue weighted by Crippen LogP contribution is -2.08. The smallest absolute Gasteiger partial charge is 0.339 e. The fraction of sp³-hybridized carbons (Fsp3) is 0.562. The summed E-state index contributed by atoms with van der Waals surface area (Å²) < 4.78 is 4.65. The van der Waals surface area contributed by atoms with Gasteiger partial charge in [-0.15, -0.1) is 0 Å². The summed E-state index contributed by atoms with van der Waals surface area (Å²) in [5.41, 5.74) is 0.394. The lowest BCUT2D eigenvalue weighted by atomic mass is 10.3. The molecule has 0 saturated carbocycles. The standard InChI is InChI=1S/C8H9NO3.C4H8O.C4H10/c10-4-5-12-8(11)7-2-1-3-9-6-7;1-4(2)3-5;1-3-4-2/h1-3,6,10H,4-5H2;3-4H,1-2H3;3-4H2,1-2H3. The number of hydrogen-bond donors (Lipinski definition) is 1. The van der Waals surface area contributed by atoms with Gasteiger partial charge >= 0.3 is 5.97 Å². The van der Waals surface area contributed by atoms with E-state index in [9.17, 15) is 9.59 Å². The Kier molecular flexibility index (Phi) is 16.7. The van der Waals surface area contributed by atoms with E-state index in [1.165, 1.54) is 19.0 Å². The molecule has 5 heteroatoms. The molecule has 0 fully saturated rings. The number of rotatable bonds is 5. The van der Waals surface area contributed by atoms with E-state index in [0.717, 1.165) is 6.29 Å². The number of pyridine rings is 1. The molecular weight excluding hydrogens is 270 g/mol. The number of aliphatic hydroxyl groups is 1. The lowest BCUT2D eigenvalue weighted by molar-refractivity contribution is -0.110. The first-order chi connectivity index (χ1) is 10.0. The van der Waals surface area contributed by atoms with Crippen molar-refractivity contribution in [3.8, 4) is 0 Å². The lowest BCUT2D eigenvalue weighted by Gasteiger charge is -2.00. The molecule has 1 rings (SSSR count). The predicted molar refractivity (Wildman–Crippen MR) is 83.1 cm³/mol. The first-order valence-corrected chi connectivity index (χ1v) is 7.16. The number of carbonyl (C=O) groups excluding carboxylic acids is 2. The van der Waals surface area contributed by atoms with E-state index in [1.807, 2.05) is 13.8 Å². The highest BCUT2D eigenvalue weighted by molar-refractivity contribution is 5.88. The average Bonchev–Trinajstić information content (AvgIpc) is 2.54. The Morgan fingerprint density at radius 3 is 2.29 bits per heavy atom. The van der Waals surface area contributed by atoms with E-state index in [1.54, 1.807) is 18.3 Å². The number of nitrogens with zero attached hydrogens (tertiary/aromatic N) is 1. The van der Waals surface area contributed by atoms with Crippen LogP contribution in [-0.2, 0) is 9.53 Å². The van der Waals surface area contributed by atoms with Gasteiger partial charge in [0.1, 0.15) is 12.9 Å².